The Balaban J connectivity index is 1.78. The van der Waals surface area contributed by atoms with Gasteiger partial charge in [0.15, 0.2) is 0 Å². The Labute approximate surface area is 115 Å². The summed E-state index contributed by atoms with van der Waals surface area (Å²) in [6.45, 7) is 2.98. The molecule has 1 fully saturated rings. The number of hydrogen-bond donors (Lipinski definition) is 3. The van der Waals surface area contributed by atoms with E-state index in [2.05, 4.69) is 20.9 Å². The quantitative estimate of drug-likeness (QED) is 0.660. The highest BCUT2D eigenvalue weighted by Crippen LogP contribution is 2.16. The van der Waals surface area contributed by atoms with Gasteiger partial charge in [0.2, 0.25) is 0 Å². The van der Waals surface area contributed by atoms with E-state index in [-0.39, 0.29) is 24.7 Å². The number of nitrogens with zero attached hydrogens (tertiary/aromatic N) is 3. The Bertz CT molecular complexity index is 495. The molecule has 0 aromatic carbocycles. The SMILES string of the molecule is CC1(NC(=O)NCc2cn(CC(=O)O)nn2)CCOC1. The summed E-state index contributed by atoms with van der Waals surface area (Å²) in [6, 6.07) is -0.314. The first-order chi connectivity index (χ1) is 9.47. The van der Waals surface area contributed by atoms with E-state index in [4.69, 9.17) is 9.84 Å². The number of amides is 2. The van der Waals surface area contributed by atoms with E-state index in [1.807, 2.05) is 6.92 Å². The number of urea groups is 1. The van der Waals surface area contributed by atoms with E-state index in [9.17, 15) is 9.59 Å². The van der Waals surface area contributed by atoms with Gasteiger partial charge in [-0.25, -0.2) is 9.48 Å². The van der Waals surface area contributed by atoms with E-state index < -0.39 is 5.97 Å². The molecule has 0 bridgehead atoms. The third-order valence-electron chi connectivity index (χ3n) is 2.95. The second-order valence-electron chi connectivity index (χ2n) is 4.97. The van der Waals surface area contributed by atoms with Gasteiger partial charge in [0.05, 0.1) is 24.9 Å². The van der Waals surface area contributed by atoms with Crippen molar-refractivity contribution in [3.8, 4) is 0 Å². The molecule has 0 aliphatic carbocycles. The van der Waals surface area contributed by atoms with Gasteiger partial charge < -0.3 is 20.5 Å². The molecule has 9 nitrogen and oxygen atoms in total. The van der Waals surface area contributed by atoms with Crippen molar-refractivity contribution in [1.29, 1.82) is 0 Å². The number of nitrogens with one attached hydrogen (secondary N) is 2. The maximum Gasteiger partial charge on any atom is 0.325 e. The van der Waals surface area contributed by atoms with Crippen molar-refractivity contribution in [1.82, 2.24) is 25.6 Å². The lowest BCUT2D eigenvalue weighted by Crippen LogP contribution is -2.50. The fourth-order valence-electron chi connectivity index (χ4n) is 1.89. The van der Waals surface area contributed by atoms with Crippen LogP contribution in [0.25, 0.3) is 0 Å². The standard InChI is InChI=1S/C11H17N5O4/c1-11(2-3-20-7-11)13-10(19)12-4-8-5-16(15-14-8)6-9(17)18/h5H,2-4,6-7H2,1H3,(H,17,18)(H2,12,13,19). The van der Waals surface area contributed by atoms with Crippen LogP contribution in [0.2, 0.25) is 0 Å². The molecule has 0 spiro atoms. The monoisotopic (exact) mass is 283 g/mol. The third-order valence-corrected chi connectivity index (χ3v) is 2.95. The maximum absolute atomic E-state index is 11.7. The molecule has 110 valence electrons. The summed E-state index contributed by atoms with van der Waals surface area (Å²) < 4.78 is 6.44. The highest BCUT2D eigenvalue weighted by Gasteiger charge is 2.31. The number of ether oxygens (including phenoxy) is 1. The summed E-state index contributed by atoms with van der Waals surface area (Å²) >= 11 is 0. The van der Waals surface area contributed by atoms with Gasteiger partial charge >= 0.3 is 12.0 Å². The summed E-state index contributed by atoms with van der Waals surface area (Å²) in [5.41, 5.74) is 0.152. The van der Waals surface area contributed by atoms with Gasteiger partial charge in [0.25, 0.3) is 0 Å². The zero-order valence-corrected chi connectivity index (χ0v) is 11.1. The zero-order valence-electron chi connectivity index (χ0n) is 11.1. The fraction of sp³-hybridized carbons (Fsp3) is 0.636. The Morgan fingerprint density at radius 3 is 3.05 bits per heavy atom. The number of carbonyl (C=O) groups is 2. The van der Waals surface area contributed by atoms with E-state index in [1.165, 1.54) is 10.9 Å². The van der Waals surface area contributed by atoms with Crippen molar-refractivity contribution in [2.45, 2.75) is 32.0 Å². The Hall–Kier alpha value is -2.16. The van der Waals surface area contributed by atoms with Crippen molar-refractivity contribution >= 4 is 12.0 Å². The summed E-state index contributed by atoms with van der Waals surface area (Å²) in [7, 11) is 0. The molecule has 2 heterocycles. The molecule has 1 unspecified atom stereocenters. The van der Waals surface area contributed by atoms with Crippen LogP contribution in [-0.4, -0.2) is 50.9 Å². The smallest absolute Gasteiger partial charge is 0.325 e. The lowest BCUT2D eigenvalue weighted by atomic mass is 10.0. The summed E-state index contributed by atoms with van der Waals surface area (Å²) in [5.74, 6) is -0.999. The van der Waals surface area contributed by atoms with Crippen LogP contribution in [0.15, 0.2) is 6.20 Å². The Morgan fingerprint density at radius 2 is 2.40 bits per heavy atom. The van der Waals surface area contributed by atoms with Crippen molar-refractivity contribution in [2.24, 2.45) is 0 Å². The molecule has 0 saturated carbocycles. The molecule has 2 rings (SSSR count). The molecule has 9 heteroatoms. The van der Waals surface area contributed by atoms with E-state index in [0.29, 0.717) is 18.9 Å². The van der Waals surface area contributed by atoms with Gasteiger partial charge in [0, 0.05) is 6.61 Å². The van der Waals surface area contributed by atoms with Crippen molar-refractivity contribution < 1.29 is 19.4 Å². The summed E-state index contributed by atoms with van der Waals surface area (Å²) in [4.78, 5) is 22.2. The second kappa shape index (κ2) is 5.87. The van der Waals surface area contributed by atoms with Crippen LogP contribution < -0.4 is 10.6 Å². The highest BCUT2D eigenvalue weighted by molar-refractivity contribution is 5.74. The van der Waals surface area contributed by atoms with E-state index in [1.54, 1.807) is 0 Å². The van der Waals surface area contributed by atoms with Gasteiger partial charge in [0.1, 0.15) is 12.2 Å². The molecule has 0 radical (unpaired) electrons. The van der Waals surface area contributed by atoms with Crippen LogP contribution in [-0.2, 0) is 22.6 Å². The first kappa shape index (κ1) is 14.3. The molecule has 20 heavy (non-hydrogen) atoms. The zero-order chi connectivity index (χ0) is 14.6. The number of carboxylic acids is 1. The number of rotatable bonds is 5. The minimum atomic E-state index is -0.999. The minimum Gasteiger partial charge on any atom is -0.480 e. The topological polar surface area (TPSA) is 118 Å². The first-order valence-corrected chi connectivity index (χ1v) is 6.21. The van der Waals surface area contributed by atoms with Gasteiger partial charge in [-0.2, -0.15) is 0 Å². The van der Waals surface area contributed by atoms with Gasteiger partial charge in [-0.15, -0.1) is 5.10 Å². The molecule has 1 saturated heterocycles. The molecular formula is C11H17N5O4. The molecular weight excluding hydrogens is 266 g/mol. The van der Waals surface area contributed by atoms with Crippen molar-refractivity contribution in [3.63, 3.8) is 0 Å². The first-order valence-electron chi connectivity index (χ1n) is 6.21. The number of aliphatic carboxylic acids is 1. The Morgan fingerprint density at radius 1 is 1.60 bits per heavy atom. The van der Waals surface area contributed by atoms with Crippen LogP contribution in [0.5, 0.6) is 0 Å². The number of aromatic nitrogens is 3. The van der Waals surface area contributed by atoms with E-state index >= 15 is 0 Å². The largest absolute Gasteiger partial charge is 0.480 e. The van der Waals surface area contributed by atoms with Crippen LogP contribution in [0, 0.1) is 0 Å². The third kappa shape index (κ3) is 3.92. The van der Waals surface area contributed by atoms with Crippen LogP contribution >= 0.6 is 0 Å². The van der Waals surface area contributed by atoms with Crippen molar-refractivity contribution in [3.05, 3.63) is 11.9 Å². The number of carbonyl (C=O) groups excluding carboxylic acids is 1. The lowest BCUT2D eigenvalue weighted by molar-refractivity contribution is -0.137. The molecule has 3 N–H and O–H groups in total. The molecule has 1 atom stereocenters. The van der Waals surface area contributed by atoms with E-state index in [0.717, 1.165) is 6.42 Å². The van der Waals surface area contributed by atoms with Gasteiger partial charge in [-0.1, -0.05) is 5.21 Å². The predicted octanol–water partition coefficient (Wildman–Crippen LogP) is -0.659. The van der Waals surface area contributed by atoms with Gasteiger partial charge in [-0.3, -0.25) is 4.79 Å². The summed E-state index contributed by atoms with van der Waals surface area (Å²) in [6.07, 6.45) is 2.25. The summed E-state index contributed by atoms with van der Waals surface area (Å²) in [5, 5.41) is 21.5. The number of hydrogen-bond acceptors (Lipinski definition) is 5. The average molecular weight is 283 g/mol. The van der Waals surface area contributed by atoms with Crippen LogP contribution in [0.4, 0.5) is 4.79 Å². The fourth-order valence-corrected chi connectivity index (χ4v) is 1.89. The minimum absolute atomic E-state index is 0.183. The second-order valence-corrected chi connectivity index (χ2v) is 4.97. The van der Waals surface area contributed by atoms with Crippen LogP contribution in [0.3, 0.4) is 0 Å². The number of carboxylic acid groups (broad SMARTS) is 1. The highest BCUT2D eigenvalue weighted by atomic mass is 16.5. The molecule has 1 aliphatic heterocycles. The van der Waals surface area contributed by atoms with Gasteiger partial charge in [-0.05, 0) is 13.3 Å². The molecule has 1 aromatic rings. The normalized spacial score (nSPS) is 21.6. The molecule has 2 amide bonds. The predicted molar refractivity (Wildman–Crippen MR) is 66.9 cm³/mol. The van der Waals surface area contributed by atoms with Crippen molar-refractivity contribution in [2.75, 3.05) is 13.2 Å². The lowest BCUT2D eigenvalue weighted by Gasteiger charge is -2.23. The average Bonchev–Trinajstić information content (AvgIpc) is 2.95. The molecule has 1 aromatic heterocycles. The molecule has 1 aliphatic rings. The Kier molecular flexibility index (Phi) is 4.18. The van der Waals surface area contributed by atoms with Crippen LogP contribution in [0.1, 0.15) is 19.0 Å². The maximum atomic E-state index is 11.7.